The van der Waals surface area contributed by atoms with Gasteiger partial charge in [0, 0.05) is 13.1 Å². The van der Waals surface area contributed by atoms with Gasteiger partial charge in [-0.2, -0.15) is 0 Å². The van der Waals surface area contributed by atoms with Gasteiger partial charge in [0.25, 0.3) is 17.5 Å². The van der Waals surface area contributed by atoms with E-state index in [0.717, 1.165) is 0 Å². The minimum Gasteiger partial charge on any atom is -0.463 e. The van der Waals surface area contributed by atoms with Crippen molar-refractivity contribution in [3.05, 3.63) is 59.9 Å². The van der Waals surface area contributed by atoms with Crippen LogP contribution in [0.4, 0.5) is 0 Å². The Balaban J connectivity index is 1.48. The highest BCUT2D eigenvalue weighted by molar-refractivity contribution is 6.06. The van der Waals surface area contributed by atoms with Gasteiger partial charge in [0.15, 0.2) is 11.5 Å². The van der Waals surface area contributed by atoms with Gasteiger partial charge >= 0.3 is 0 Å². The number of carbonyl (C=O) groups is 2. The van der Waals surface area contributed by atoms with Crippen molar-refractivity contribution in [1.82, 2.24) is 20.8 Å². The maximum atomic E-state index is 12.7. The van der Waals surface area contributed by atoms with Crippen LogP contribution in [0.15, 0.2) is 56.2 Å². The zero-order chi connectivity index (χ0) is 19.5. The Morgan fingerprint density at radius 1 is 1.04 bits per heavy atom. The van der Waals surface area contributed by atoms with E-state index in [-0.39, 0.29) is 36.4 Å². The van der Waals surface area contributed by atoms with Crippen molar-refractivity contribution in [1.29, 1.82) is 0 Å². The number of amides is 2. The normalized spacial score (nSPS) is 10.9. The van der Waals surface area contributed by atoms with Crippen LogP contribution in [0.5, 0.6) is 0 Å². The number of hydrogen-bond donors (Lipinski definition) is 2. The molecule has 4 aromatic rings. The predicted molar refractivity (Wildman–Crippen MR) is 97.6 cm³/mol. The van der Waals surface area contributed by atoms with Gasteiger partial charge in [0.2, 0.25) is 0 Å². The van der Waals surface area contributed by atoms with Crippen molar-refractivity contribution in [2.45, 2.75) is 6.92 Å². The molecule has 0 unspecified atom stereocenters. The zero-order valence-electron chi connectivity index (χ0n) is 14.9. The number of nitrogens with zero attached hydrogens (tertiary/aromatic N) is 2. The minimum absolute atomic E-state index is 0.213. The number of carbonyl (C=O) groups excluding carboxylic acids is 2. The summed E-state index contributed by atoms with van der Waals surface area (Å²) in [4.78, 5) is 28.9. The molecule has 0 aliphatic heterocycles. The highest BCUT2D eigenvalue weighted by atomic mass is 16.5. The Morgan fingerprint density at radius 3 is 2.50 bits per heavy atom. The molecule has 0 aliphatic rings. The molecule has 0 radical (unpaired) electrons. The molecule has 9 nitrogen and oxygen atoms in total. The predicted octanol–water partition coefficient (Wildman–Crippen LogP) is 2.54. The quantitative estimate of drug-likeness (QED) is 0.493. The molecule has 2 amide bonds. The van der Waals surface area contributed by atoms with E-state index >= 15 is 0 Å². The van der Waals surface area contributed by atoms with Gasteiger partial charge in [0.1, 0.15) is 5.69 Å². The lowest BCUT2D eigenvalue weighted by Gasteiger charge is -2.08. The molecule has 0 atom stereocenters. The molecular weight excluding hydrogens is 364 g/mol. The number of pyridine rings is 1. The number of aryl methyl sites for hydroxylation is 1. The summed E-state index contributed by atoms with van der Waals surface area (Å²) >= 11 is 0. The third-order valence-electron chi connectivity index (χ3n) is 4.08. The van der Waals surface area contributed by atoms with Crippen LogP contribution in [0.25, 0.3) is 22.6 Å². The maximum absolute atomic E-state index is 12.7. The first kappa shape index (κ1) is 17.5. The smallest absolute Gasteiger partial charge is 0.287 e. The van der Waals surface area contributed by atoms with E-state index < -0.39 is 0 Å². The molecule has 4 aromatic heterocycles. The Labute approximate surface area is 158 Å². The maximum Gasteiger partial charge on any atom is 0.287 e. The number of rotatable bonds is 6. The van der Waals surface area contributed by atoms with Gasteiger partial charge in [-0.1, -0.05) is 5.16 Å². The Kier molecular flexibility index (Phi) is 4.63. The highest BCUT2D eigenvalue weighted by Gasteiger charge is 2.20. The standard InChI is InChI=1S/C19H16N4O5/c1-11-16-12(10-13(14-4-2-8-26-14)22-19(16)28-23-11)17(24)20-6-7-21-18(25)15-5-3-9-27-15/h2-5,8-10H,6-7H2,1H3,(H,20,24)(H,21,25). The Morgan fingerprint density at radius 2 is 1.79 bits per heavy atom. The number of hydrogen-bond acceptors (Lipinski definition) is 7. The van der Waals surface area contributed by atoms with Crippen LogP contribution in [0.2, 0.25) is 0 Å². The van der Waals surface area contributed by atoms with Crippen molar-refractivity contribution < 1.29 is 22.9 Å². The van der Waals surface area contributed by atoms with Crippen LogP contribution >= 0.6 is 0 Å². The molecule has 0 saturated carbocycles. The van der Waals surface area contributed by atoms with E-state index in [1.54, 1.807) is 37.3 Å². The Hall–Kier alpha value is -3.88. The molecule has 9 heteroatoms. The summed E-state index contributed by atoms with van der Waals surface area (Å²) < 4.78 is 15.6. The molecule has 4 heterocycles. The summed E-state index contributed by atoms with van der Waals surface area (Å²) in [5.41, 5.74) is 1.64. The number of aromatic nitrogens is 2. The molecule has 0 spiro atoms. The van der Waals surface area contributed by atoms with Gasteiger partial charge in [0.05, 0.1) is 29.2 Å². The third kappa shape index (κ3) is 3.37. The summed E-state index contributed by atoms with van der Waals surface area (Å²) in [7, 11) is 0. The van der Waals surface area contributed by atoms with Crippen molar-refractivity contribution in [2.75, 3.05) is 13.1 Å². The fourth-order valence-corrected chi connectivity index (χ4v) is 2.77. The monoisotopic (exact) mass is 380 g/mol. The molecular formula is C19H16N4O5. The lowest BCUT2D eigenvalue weighted by Crippen LogP contribution is -2.34. The molecule has 0 aromatic carbocycles. The van der Waals surface area contributed by atoms with Crippen LogP contribution in [-0.2, 0) is 0 Å². The van der Waals surface area contributed by atoms with Crippen LogP contribution in [0.1, 0.15) is 26.6 Å². The van der Waals surface area contributed by atoms with Crippen molar-refractivity contribution in [3.8, 4) is 11.5 Å². The lowest BCUT2D eigenvalue weighted by molar-refractivity contribution is 0.0911. The summed E-state index contributed by atoms with van der Waals surface area (Å²) in [6, 6.07) is 8.29. The molecule has 0 fully saturated rings. The van der Waals surface area contributed by atoms with E-state index in [1.807, 2.05) is 0 Å². The van der Waals surface area contributed by atoms with E-state index in [2.05, 4.69) is 20.8 Å². The van der Waals surface area contributed by atoms with Gasteiger partial charge in [-0.3, -0.25) is 9.59 Å². The molecule has 0 bridgehead atoms. The zero-order valence-corrected chi connectivity index (χ0v) is 14.9. The van der Waals surface area contributed by atoms with E-state index in [9.17, 15) is 9.59 Å². The Bertz CT molecular complexity index is 1110. The van der Waals surface area contributed by atoms with E-state index in [1.165, 1.54) is 12.5 Å². The van der Waals surface area contributed by atoms with Crippen molar-refractivity contribution in [2.24, 2.45) is 0 Å². The first-order valence-corrected chi connectivity index (χ1v) is 8.54. The second-order valence-corrected chi connectivity index (χ2v) is 5.97. The topological polar surface area (TPSA) is 123 Å². The fourth-order valence-electron chi connectivity index (χ4n) is 2.77. The largest absolute Gasteiger partial charge is 0.463 e. The summed E-state index contributed by atoms with van der Waals surface area (Å²) in [6.07, 6.45) is 2.94. The summed E-state index contributed by atoms with van der Waals surface area (Å²) in [6.45, 7) is 2.21. The van der Waals surface area contributed by atoms with Gasteiger partial charge < -0.3 is 24.0 Å². The van der Waals surface area contributed by atoms with Gasteiger partial charge in [-0.15, -0.1) is 0 Å². The molecule has 0 saturated heterocycles. The summed E-state index contributed by atoms with van der Waals surface area (Å²) in [5, 5.41) is 9.86. The first-order chi connectivity index (χ1) is 13.6. The molecule has 28 heavy (non-hydrogen) atoms. The van der Waals surface area contributed by atoms with Crippen molar-refractivity contribution >= 4 is 22.9 Å². The third-order valence-corrected chi connectivity index (χ3v) is 4.08. The minimum atomic E-state index is -0.347. The van der Waals surface area contributed by atoms with E-state index in [0.29, 0.717) is 28.1 Å². The second kappa shape index (κ2) is 7.39. The van der Waals surface area contributed by atoms with Gasteiger partial charge in [-0.05, 0) is 37.3 Å². The van der Waals surface area contributed by atoms with Gasteiger partial charge in [-0.25, -0.2) is 4.98 Å². The first-order valence-electron chi connectivity index (χ1n) is 8.54. The van der Waals surface area contributed by atoms with Crippen LogP contribution in [-0.4, -0.2) is 35.0 Å². The number of furan rings is 2. The average Bonchev–Trinajstić information content (AvgIpc) is 3.46. The average molecular weight is 380 g/mol. The number of fused-ring (bicyclic) bond motifs is 1. The van der Waals surface area contributed by atoms with Crippen LogP contribution in [0, 0.1) is 6.92 Å². The van der Waals surface area contributed by atoms with Crippen LogP contribution in [0.3, 0.4) is 0 Å². The second-order valence-electron chi connectivity index (χ2n) is 5.97. The SMILES string of the molecule is Cc1noc2nc(-c3ccco3)cc(C(=O)NCCNC(=O)c3ccco3)c12. The lowest BCUT2D eigenvalue weighted by atomic mass is 10.1. The van der Waals surface area contributed by atoms with E-state index in [4.69, 9.17) is 13.4 Å². The fraction of sp³-hybridized carbons (Fsp3) is 0.158. The molecule has 2 N–H and O–H groups in total. The van der Waals surface area contributed by atoms with Crippen molar-refractivity contribution in [3.63, 3.8) is 0 Å². The number of nitrogens with one attached hydrogen (secondary N) is 2. The molecule has 142 valence electrons. The van der Waals surface area contributed by atoms with Crippen LogP contribution < -0.4 is 10.6 Å². The molecule has 4 rings (SSSR count). The molecule has 0 aliphatic carbocycles. The summed E-state index contributed by atoms with van der Waals surface area (Å²) in [5.74, 6) is 0.0420. The highest BCUT2D eigenvalue weighted by Crippen LogP contribution is 2.27.